The van der Waals surface area contributed by atoms with Gasteiger partial charge in [0.05, 0.1) is 5.57 Å². The van der Waals surface area contributed by atoms with Crippen LogP contribution < -0.4 is 5.73 Å². The van der Waals surface area contributed by atoms with E-state index >= 15 is 0 Å². The number of terminal acetylenes is 1. The van der Waals surface area contributed by atoms with Gasteiger partial charge < -0.3 is 5.73 Å². The summed E-state index contributed by atoms with van der Waals surface area (Å²) in [5.41, 5.74) is 9.54. The topological polar surface area (TPSA) is 26.0 Å². The number of benzene rings is 1. The van der Waals surface area contributed by atoms with Crippen molar-refractivity contribution in [3.05, 3.63) is 34.6 Å². The molecule has 0 aromatic heterocycles. The lowest BCUT2D eigenvalue weighted by molar-refractivity contribution is 0.645. The zero-order valence-corrected chi connectivity index (χ0v) is 10.8. The van der Waals surface area contributed by atoms with Crippen LogP contribution in [-0.4, -0.2) is 0 Å². The Hall–Kier alpha value is -1.75. The lowest BCUT2D eigenvalue weighted by Gasteiger charge is -2.17. The van der Waals surface area contributed by atoms with Gasteiger partial charge in [0.2, 0.25) is 0 Å². The Morgan fingerprint density at radius 2 is 2.00 bits per heavy atom. The summed E-state index contributed by atoms with van der Waals surface area (Å²) >= 11 is 0. The fourth-order valence-electron chi connectivity index (χ4n) is 1.98. The molecule has 0 amide bonds. The van der Waals surface area contributed by atoms with E-state index in [2.05, 4.69) is 5.92 Å². The number of nitrogen functional groups attached to an aromatic ring is 1. The van der Waals surface area contributed by atoms with Crippen LogP contribution in [0, 0.1) is 19.3 Å². The molecule has 0 fully saturated rings. The van der Waals surface area contributed by atoms with E-state index in [0.717, 1.165) is 16.7 Å². The van der Waals surface area contributed by atoms with E-state index in [4.69, 9.17) is 12.2 Å². The molecular formula is C15H18FN. The maximum absolute atomic E-state index is 13.5. The molecule has 0 aliphatic rings. The molecule has 2 heteroatoms. The van der Waals surface area contributed by atoms with Gasteiger partial charge in [-0.15, -0.1) is 6.42 Å². The Balaban J connectivity index is 3.64. The molecule has 0 atom stereocenters. The molecule has 2 N–H and O–H groups in total. The van der Waals surface area contributed by atoms with Gasteiger partial charge in [-0.25, -0.2) is 4.39 Å². The summed E-state index contributed by atoms with van der Waals surface area (Å²) in [5, 5.41) is 0. The standard InChI is InChI=1S/C15H18FN/c1-6-13(11(5)16)15-10(4)7-12(17)8-14(15)9(2)3/h1,7-9H,17H2,2-5H3/b13-11+. The van der Waals surface area contributed by atoms with Gasteiger partial charge in [0.25, 0.3) is 0 Å². The van der Waals surface area contributed by atoms with E-state index in [1.165, 1.54) is 6.92 Å². The van der Waals surface area contributed by atoms with E-state index < -0.39 is 0 Å². The van der Waals surface area contributed by atoms with Crippen molar-refractivity contribution < 1.29 is 4.39 Å². The molecule has 1 nitrogen and oxygen atoms in total. The summed E-state index contributed by atoms with van der Waals surface area (Å²) < 4.78 is 13.5. The average molecular weight is 231 g/mol. The first-order valence-corrected chi connectivity index (χ1v) is 5.61. The summed E-state index contributed by atoms with van der Waals surface area (Å²) in [6, 6.07) is 3.69. The SMILES string of the molecule is C#C/C(=C(/C)F)c1c(C)cc(N)cc1C(C)C. The highest BCUT2D eigenvalue weighted by molar-refractivity contribution is 5.84. The van der Waals surface area contributed by atoms with Crippen LogP contribution in [-0.2, 0) is 0 Å². The Labute approximate surface area is 103 Å². The number of allylic oxidation sites excluding steroid dienone is 2. The molecular weight excluding hydrogens is 213 g/mol. The summed E-state index contributed by atoms with van der Waals surface area (Å²) in [6.45, 7) is 7.37. The third-order valence-electron chi connectivity index (χ3n) is 2.75. The highest BCUT2D eigenvalue weighted by Crippen LogP contribution is 2.32. The van der Waals surface area contributed by atoms with Gasteiger partial charge in [0, 0.05) is 5.69 Å². The second-order valence-electron chi connectivity index (χ2n) is 4.51. The Morgan fingerprint density at radius 1 is 1.41 bits per heavy atom. The smallest absolute Gasteiger partial charge is 0.113 e. The van der Waals surface area contributed by atoms with Crippen LogP contribution in [0.4, 0.5) is 10.1 Å². The maximum Gasteiger partial charge on any atom is 0.113 e. The van der Waals surface area contributed by atoms with E-state index in [0.29, 0.717) is 11.3 Å². The Kier molecular flexibility index (Phi) is 3.96. The van der Waals surface area contributed by atoms with Gasteiger partial charge in [-0.05, 0) is 48.6 Å². The van der Waals surface area contributed by atoms with Crippen LogP contribution in [0.5, 0.6) is 0 Å². The van der Waals surface area contributed by atoms with Crippen molar-refractivity contribution in [1.29, 1.82) is 0 Å². The number of rotatable bonds is 2. The molecule has 0 aliphatic carbocycles. The highest BCUT2D eigenvalue weighted by atomic mass is 19.1. The predicted octanol–water partition coefficient (Wildman–Crippen LogP) is 4.03. The molecule has 17 heavy (non-hydrogen) atoms. The Bertz CT molecular complexity index is 500. The second-order valence-corrected chi connectivity index (χ2v) is 4.51. The number of hydrogen-bond donors (Lipinski definition) is 1. The van der Waals surface area contributed by atoms with Gasteiger partial charge in [0.1, 0.15) is 5.83 Å². The van der Waals surface area contributed by atoms with Crippen LogP contribution in [0.2, 0.25) is 0 Å². The fourth-order valence-corrected chi connectivity index (χ4v) is 1.98. The number of aryl methyl sites for hydroxylation is 1. The molecule has 1 rings (SSSR count). The van der Waals surface area contributed by atoms with Crippen molar-refractivity contribution in [3.8, 4) is 12.3 Å². The van der Waals surface area contributed by atoms with Crippen molar-refractivity contribution in [2.45, 2.75) is 33.6 Å². The summed E-state index contributed by atoms with van der Waals surface area (Å²) in [4.78, 5) is 0. The van der Waals surface area contributed by atoms with Crippen molar-refractivity contribution in [1.82, 2.24) is 0 Å². The zero-order valence-electron chi connectivity index (χ0n) is 10.8. The van der Waals surface area contributed by atoms with Gasteiger partial charge in [0.15, 0.2) is 0 Å². The first kappa shape index (κ1) is 13.3. The summed E-state index contributed by atoms with van der Waals surface area (Å²) in [7, 11) is 0. The minimum Gasteiger partial charge on any atom is -0.399 e. The van der Waals surface area contributed by atoms with Crippen LogP contribution in [0.25, 0.3) is 5.57 Å². The largest absolute Gasteiger partial charge is 0.399 e. The van der Waals surface area contributed by atoms with Gasteiger partial charge in [-0.1, -0.05) is 19.8 Å². The lowest BCUT2D eigenvalue weighted by Crippen LogP contribution is -2.01. The normalized spacial score (nSPS) is 12.3. The van der Waals surface area contributed by atoms with E-state index in [9.17, 15) is 4.39 Å². The minimum absolute atomic E-state index is 0.245. The van der Waals surface area contributed by atoms with Gasteiger partial charge >= 0.3 is 0 Å². The molecule has 90 valence electrons. The lowest BCUT2D eigenvalue weighted by atomic mass is 9.88. The average Bonchev–Trinajstić information content (AvgIpc) is 2.20. The molecule has 0 radical (unpaired) electrons. The number of halogens is 1. The zero-order chi connectivity index (χ0) is 13.2. The molecule has 1 aromatic carbocycles. The van der Waals surface area contributed by atoms with Crippen LogP contribution in [0.1, 0.15) is 43.4 Å². The monoisotopic (exact) mass is 231 g/mol. The molecule has 1 aromatic rings. The second kappa shape index (κ2) is 5.05. The minimum atomic E-state index is -0.331. The number of hydrogen-bond acceptors (Lipinski definition) is 1. The first-order valence-electron chi connectivity index (χ1n) is 5.61. The van der Waals surface area contributed by atoms with Crippen LogP contribution in [0.15, 0.2) is 18.0 Å². The van der Waals surface area contributed by atoms with Crippen molar-refractivity contribution in [2.75, 3.05) is 5.73 Å². The quantitative estimate of drug-likeness (QED) is 0.603. The van der Waals surface area contributed by atoms with Gasteiger partial charge in [-0.2, -0.15) is 0 Å². The maximum atomic E-state index is 13.5. The van der Waals surface area contributed by atoms with E-state index in [1.54, 1.807) is 0 Å². The molecule has 0 spiro atoms. The van der Waals surface area contributed by atoms with E-state index in [-0.39, 0.29) is 11.7 Å². The number of anilines is 1. The first-order chi connectivity index (χ1) is 7.88. The third-order valence-corrected chi connectivity index (χ3v) is 2.75. The van der Waals surface area contributed by atoms with Crippen molar-refractivity contribution in [2.24, 2.45) is 0 Å². The summed E-state index contributed by atoms with van der Waals surface area (Å²) in [5.74, 6) is 2.35. The molecule has 0 unspecified atom stereocenters. The van der Waals surface area contributed by atoms with Crippen LogP contribution >= 0.6 is 0 Å². The van der Waals surface area contributed by atoms with Crippen molar-refractivity contribution >= 4 is 11.3 Å². The Morgan fingerprint density at radius 3 is 2.41 bits per heavy atom. The molecule has 0 saturated carbocycles. The molecule has 0 heterocycles. The van der Waals surface area contributed by atoms with Crippen molar-refractivity contribution in [3.63, 3.8) is 0 Å². The molecule has 0 bridgehead atoms. The van der Waals surface area contributed by atoms with Crippen LogP contribution in [0.3, 0.4) is 0 Å². The summed E-state index contributed by atoms with van der Waals surface area (Å²) in [6.07, 6.45) is 5.40. The third kappa shape index (κ3) is 2.68. The molecule has 0 aliphatic heterocycles. The fraction of sp³-hybridized carbons (Fsp3) is 0.333. The van der Waals surface area contributed by atoms with E-state index in [1.807, 2.05) is 32.9 Å². The van der Waals surface area contributed by atoms with Gasteiger partial charge in [-0.3, -0.25) is 0 Å². The highest BCUT2D eigenvalue weighted by Gasteiger charge is 2.15. The number of nitrogens with two attached hydrogens (primary N) is 1. The predicted molar refractivity (Wildman–Crippen MR) is 72.2 cm³/mol. The molecule has 0 saturated heterocycles.